The predicted octanol–water partition coefficient (Wildman–Crippen LogP) is 5.49. The van der Waals surface area contributed by atoms with Gasteiger partial charge in [-0.05, 0) is 35.4 Å². The number of nitriles is 1. The summed E-state index contributed by atoms with van der Waals surface area (Å²) in [5.41, 5.74) is -0.837. The monoisotopic (exact) mass is 668 g/mol. The van der Waals surface area contributed by atoms with Crippen molar-refractivity contribution in [3.05, 3.63) is 157 Å². The maximum Gasteiger partial charge on any atom is 0.418 e. The maximum absolute atomic E-state index is 14.6. The minimum Gasteiger partial charge on any atom is -0.335 e. The Bertz CT molecular complexity index is 2130. The Morgan fingerprint density at radius 2 is 1.38 bits per heavy atom. The number of halogens is 4. The molecule has 0 atom stereocenters. The Balaban J connectivity index is 1.42. The normalized spacial score (nSPS) is 15.0. The third-order valence-corrected chi connectivity index (χ3v) is 9.29. The van der Waals surface area contributed by atoms with Crippen LogP contribution >= 0.6 is 11.3 Å². The molecular weight excluding hydrogens is 640 g/mol. The highest BCUT2D eigenvalue weighted by Crippen LogP contribution is 2.33. The standard InChI is InChI=1S/C37H28F4N4O2S/c38-30-17-9-7-15-27(30)23-32-35(47)45(31-18-10-8-16-29(31)37(39,40)41)36(48-32)28(24-42)34(46)44-21-19-43(20-22-44)33(25-11-3-1-4-12-25)26-13-5-2-6-14-26/h1-18,23,33H,19-22H2/b32-23+,36-28-. The number of hydrogen-bond acceptors (Lipinski definition) is 5. The van der Waals surface area contributed by atoms with E-state index in [-0.39, 0.29) is 33.9 Å². The largest absolute Gasteiger partial charge is 0.418 e. The lowest BCUT2D eigenvalue weighted by Crippen LogP contribution is -2.50. The molecule has 6 rings (SSSR count). The maximum atomic E-state index is 14.6. The summed E-state index contributed by atoms with van der Waals surface area (Å²) in [6, 6.07) is 31.8. The zero-order valence-electron chi connectivity index (χ0n) is 25.4. The molecule has 0 spiro atoms. The SMILES string of the molecule is N#C/C(C(=O)N1CCN(C(c2ccccc2)c2ccccc2)CC1)=c1/s/c(=C/c2ccccc2F)c(=O)n1-c1ccccc1C(F)(F)F. The highest BCUT2D eigenvalue weighted by Gasteiger charge is 2.35. The molecule has 1 fully saturated rings. The van der Waals surface area contributed by atoms with Gasteiger partial charge >= 0.3 is 6.18 Å². The van der Waals surface area contributed by atoms with Crippen molar-refractivity contribution in [2.75, 3.05) is 26.2 Å². The highest BCUT2D eigenvalue weighted by molar-refractivity contribution is 7.07. The summed E-state index contributed by atoms with van der Waals surface area (Å²) in [4.78, 5) is 31.5. The number of rotatable bonds is 6. The Labute approximate surface area is 277 Å². The van der Waals surface area contributed by atoms with Gasteiger partial charge in [-0.25, -0.2) is 4.39 Å². The highest BCUT2D eigenvalue weighted by atomic mass is 32.1. The molecule has 2 heterocycles. The van der Waals surface area contributed by atoms with E-state index in [0.717, 1.165) is 27.8 Å². The molecule has 1 aliphatic rings. The summed E-state index contributed by atoms with van der Waals surface area (Å²) in [5, 5.41) is 10.3. The van der Waals surface area contributed by atoms with Gasteiger partial charge in [-0.3, -0.25) is 19.1 Å². The fourth-order valence-electron chi connectivity index (χ4n) is 5.92. The Morgan fingerprint density at radius 1 is 0.812 bits per heavy atom. The molecule has 0 unspecified atom stereocenters. The van der Waals surface area contributed by atoms with Crippen molar-refractivity contribution in [2.45, 2.75) is 12.2 Å². The number of para-hydroxylation sites is 1. The summed E-state index contributed by atoms with van der Waals surface area (Å²) in [7, 11) is 0. The average molecular weight is 669 g/mol. The molecule has 4 aromatic carbocycles. The lowest BCUT2D eigenvalue weighted by molar-refractivity contribution is -0.137. The topological polar surface area (TPSA) is 69.3 Å². The van der Waals surface area contributed by atoms with Gasteiger partial charge in [0.2, 0.25) is 0 Å². The number of carbonyl (C=O) groups is 1. The first-order valence-corrected chi connectivity index (χ1v) is 15.9. The zero-order valence-corrected chi connectivity index (χ0v) is 26.2. The lowest BCUT2D eigenvalue weighted by Gasteiger charge is -2.39. The van der Waals surface area contributed by atoms with E-state index in [0.29, 0.717) is 24.4 Å². The second-order valence-electron chi connectivity index (χ2n) is 11.1. The van der Waals surface area contributed by atoms with Crippen molar-refractivity contribution in [1.82, 2.24) is 14.4 Å². The Hall–Kier alpha value is -5.31. The van der Waals surface area contributed by atoms with Gasteiger partial charge < -0.3 is 4.90 Å². The smallest absolute Gasteiger partial charge is 0.335 e. The van der Waals surface area contributed by atoms with E-state index in [1.54, 1.807) is 6.07 Å². The number of alkyl halides is 3. The van der Waals surface area contributed by atoms with Gasteiger partial charge in [0.15, 0.2) is 5.57 Å². The van der Waals surface area contributed by atoms with Crippen molar-refractivity contribution in [3.8, 4) is 11.8 Å². The second-order valence-corrected chi connectivity index (χ2v) is 12.2. The van der Waals surface area contributed by atoms with Crippen molar-refractivity contribution < 1.29 is 22.4 Å². The van der Waals surface area contributed by atoms with Gasteiger partial charge in [-0.2, -0.15) is 18.4 Å². The fourth-order valence-corrected chi connectivity index (χ4v) is 7.00. The minimum absolute atomic E-state index is 0.0333. The van der Waals surface area contributed by atoms with Gasteiger partial charge in [0.05, 0.1) is 21.8 Å². The van der Waals surface area contributed by atoms with Crippen LogP contribution in [0.4, 0.5) is 17.6 Å². The molecule has 0 saturated carbocycles. The van der Waals surface area contributed by atoms with Crippen LogP contribution in [0, 0.1) is 17.1 Å². The molecule has 1 amide bonds. The van der Waals surface area contributed by atoms with Gasteiger partial charge in [0, 0.05) is 31.7 Å². The number of aromatic nitrogens is 1. The van der Waals surface area contributed by atoms with E-state index in [2.05, 4.69) is 4.90 Å². The third-order valence-electron chi connectivity index (χ3n) is 8.20. The van der Waals surface area contributed by atoms with Crippen molar-refractivity contribution >= 4 is 28.9 Å². The van der Waals surface area contributed by atoms with E-state index in [1.807, 2.05) is 66.7 Å². The van der Waals surface area contributed by atoms with Crippen LogP contribution in [0.2, 0.25) is 0 Å². The Morgan fingerprint density at radius 3 is 1.96 bits per heavy atom. The summed E-state index contributed by atoms with van der Waals surface area (Å²) >= 11 is 0.672. The molecule has 1 aliphatic heterocycles. The van der Waals surface area contributed by atoms with Crippen molar-refractivity contribution in [1.29, 1.82) is 5.26 Å². The Kier molecular flexibility index (Phi) is 9.39. The zero-order chi connectivity index (χ0) is 33.8. The number of benzene rings is 4. The lowest BCUT2D eigenvalue weighted by atomic mass is 9.96. The van der Waals surface area contributed by atoms with Crippen molar-refractivity contribution in [2.24, 2.45) is 0 Å². The number of piperazine rings is 1. The number of carbonyl (C=O) groups excluding carboxylic acids is 1. The van der Waals surface area contributed by atoms with Crippen LogP contribution in [-0.2, 0) is 11.0 Å². The number of hydrogen-bond donors (Lipinski definition) is 0. The molecule has 0 N–H and O–H groups in total. The molecule has 6 nitrogen and oxygen atoms in total. The molecule has 0 aliphatic carbocycles. The predicted molar refractivity (Wildman–Crippen MR) is 176 cm³/mol. The van der Waals surface area contributed by atoms with Crippen LogP contribution in [0.25, 0.3) is 17.3 Å². The van der Waals surface area contributed by atoms with Gasteiger partial charge in [-0.15, -0.1) is 11.3 Å². The molecule has 5 aromatic rings. The van der Waals surface area contributed by atoms with Crippen LogP contribution in [-0.4, -0.2) is 46.5 Å². The molecule has 48 heavy (non-hydrogen) atoms. The van der Waals surface area contributed by atoms with Crippen LogP contribution < -0.4 is 14.8 Å². The van der Waals surface area contributed by atoms with Crippen LogP contribution in [0.15, 0.2) is 114 Å². The molecule has 1 saturated heterocycles. The van der Waals surface area contributed by atoms with Crippen LogP contribution in [0.5, 0.6) is 0 Å². The molecule has 0 bridgehead atoms. The van der Waals surface area contributed by atoms with Gasteiger partial charge in [-0.1, -0.05) is 91.0 Å². The second kappa shape index (κ2) is 13.8. The van der Waals surface area contributed by atoms with E-state index in [1.165, 1.54) is 41.3 Å². The van der Waals surface area contributed by atoms with Crippen LogP contribution in [0.3, 0.4) is 0 Å². The first kappa shape index (κ1) is 32.6. The van der Waals surface area contributed by atoms with Gasteiger partial charge in [0.25, 0.3) is 11.5 Å². The van der Waals surface area contributed by atoms with Gasteiger partial charge in [0.1, 0.15) is 16.5 Å². The van der Waals surface area contributed by atoms with E-state index in [9.17, 15) is 32.4 Å². The van der Waals surface area contributed by atoms with Crippen LogP contribution in [0.1, 0.15) is 28.3 Å². The summed E-state index contributed by atoms with van der Waals surface area (Å²) < 4.78 is 57.4. The third kappa shape index (κ3) is 6.58. The number of nitrogens with zero attached hydrogens (tertiary/aromatic N) is 4. The van der Waals surface area contributed by atoms with E-state index < -0.39 is 40.3 Å². The molecule has 242 valence electrons. The quantitative estimate of drug-likeness (QED) is 0.225. The molecule has 0 radical (unpaired) electrons. The fraction of sp³-hybridized carbons (Fsp3) is 0.162. The average Bonchev–Trinajstić information content (AvgIpc) is 3.41. The first-order valence-electron chi connectivity index (χ1n) is 15.1. The molecule has 1 aromatic heterocycles. The summed E-state index contributed by atoms with van der Waals surface area (Å²) in [5.74, 6) is -1.35. The first-order chi connectivity index (χ1) is 23.2. The van der Waals surface area contributed by atoms with E-state index in [4.69, 9.17) is 0 Å². The summed E-state index contributed by atoms with van der Waals surface area (Å²) in [6.07, 6.45) is -3.63. The summed E-state index contributed by atoms with van der Waals surface area (Å²) in [6.45, 7) is 1.39. The van der Waals surface area contributed by atoms with Crippen molar-refractivity contribution in [3.63, 3.8) is 0 Å². The number of thiazole rings is 1. The molecular formula is C37H28F4N4O2S. The van der Waals surface area contributed by atoms with E-state index >= 15 is 0 Å². The molecule has 11 heteroatoms. The number of amides is 1. The minimum atomic E-state index is -4.84.